The highest BCUT2D eigenvalue weighted by Gasteiger charge is 2.10. The van der Waals surface area contributed by atoms with Gasteiger partial charge in [0.1, 0.15) is 5.75 Å². The molecule has 0 unspecified atom stereocenters. The van der Waals surface area contributed by atoms with Gasteiger partial charge < -0.3 is 10.1 Å². The number of carbonyl (C=O) groups is 2. The van der Waals surface area contributed by atoms with E-state index < -0.39 is 11.9 Å². The van der Waals surface area contributed by atoms with Crippen LogP contribution in [0.5, 0.6) is 5.75 Å². The molecular weight excluding hydrogens is 303 g/mol. The summed E-state index contributed by atoms with van der Waals surface area (Å²) in [5, 5.41) is 5.49. The van der Waals surface area contributed by atoms with E-state index in [-0.39, 0.29) is 12.4 Å². The van der Waals surface area contributed by atoms with Crippen LogP contribution in [0.3, 0.4) is 0 Å². The molecule has 1 aromatic carbocycles. The van der Waals surface area contributed by atoms with E-state index in [0.29, 0.717) is 22.5 Å². The molecule has 0 saturated heterocycles. The monoisotopic (exact) mass is 318 g/mol. The Morgan fingerprint density at radius 3 is 2.65 bits per heavy atom. The van der Waals surface area contributed by atoms with Crippen LogP contribution in [0.15, 0.2) is 18.2 Å². The lowest BCUT2D eigenvalue weighted by molar-refractivity contribution is -0.122. The Morgan fingerprint density at radius 1 is 1.30 bits per heavy atom. The van der Waals surface area contributed by atoms with Crippen molar-refractivity contribution in [2.45, 2.75) is 13.8 Å². The SMILES string of the molecule is CC(C)CNC(=O)NC(=O)COc1cc(Cl)ccc1Cl. The van der Waals surface area contributed by atoms with Crippen molar-refractivity contribution in [2.75, 3.05) is 13.2 Å². The van der Waals surface area contributed by atoms with Crippen molar-refractivity contribution in [2.24, 2.45) is 5.92 Å². The number of carbonyl (C=O) groups excluding carboxylic acids is 2. The fraction of sp³-hybridized carbons (Fsp3) is 0.385. The zero-order chi connectivity index (χ0) is 15.1. The van der Waals surface area contributed by atoms with Crippen LogP contribution in [0.1, 0.15) is 13.8 Å². The summed E-state index contributed by atoms with van der Waals surface area (Å²) in [5.41, 5.74) is 0. The molecule has 0 heterocycles. The minimum Gasteiger partial charge on any atom is -0.482 e. The van der Waals surface area contributed by atoms with Gasteiger partial charge in [0.05, 0.1) is 5.02 Å². The summed E-state index contributed by atoms with van der Waals surface area (Å²) in [7, 11) is 0. The first-order chi connectivity index (χ1) is 9.38. The second kappa shape index (κ2) is 7.97. The van der Waals surface area contributed by atoms with Gasteiger partial charge in [-0.3, -0.25) is 10.1 Å². The average Bonchev–Trinajstić information content (AvgIpc) is 2.37. The molecule has 0 saturated carbocycles. The van der Waals surface area contributed by atoms with Gasteiger partial charge in [-0.05, 0) is 18.1 Å². The maximum Gasteiger partial charge on any atom is 0.321 e. The first kappa shape index (κ1) is 16.6. The fourth-order valence-corrected chi connectivity index (χ4v) is 1.57. The molecular formula is C13H16Cl2N2O3. The second-order valence-electron chi connectivity index (χ2n) is 4.52. The largest absolute Gasteiger partial charge is 0.482 e. The first-order valence-corrected chi connectivity index (χ1v) is 6.79. The summed E-state index contributed by atoms with van der Waals surface area (Å²) in [6, 6.07) is 4.11. The molecule has 110 valence electrons. The van der Waals surface area contributed by atoms with Crippen LogP contribution < -0.4 is 15.4 Å². The van der Waals surface area contributed by atoms with Gasteiger partial charge in [0.25, 0.3) is 5.91 Å². The summed E-state index contributed by atoms with van der Waals surface area (Å²) in [5.74, 6) is 0.0246. The standard InChI is InChI=1S/C13H16Cl2N2O3/c1-8(2)6-16-13(19)17-12(18)7-20-11-5-9(14)3-4-10(11)15/h3-5,8H,6-7H2,1-2H3,(H2,16,17,18,19). The lowest BCUT2D eigenvalue weighted by Crippen LogP contribution is -2.42. The number of amides is 3. The van der Waals surface area contributed by atoms with E-state index in [2.05, 4.69) is 10.6 Å². The van der Waals surface area contributed by atoms with Crippen molar-refractivity contribution in [3.63, 3.8) is 0 Å². The third kappa shape index (κ3) is 6.12. The van der Waals surface area contributed by atoms with Gasteiger partial charge in [-0.1, -0.05) is 37.0 Å². The van der Waals surface area contributed by atoms with E-state index in [9.17, 15) is 9.59 Å². The topological polar surface area (TPSA) is 67.4 Å². The number of hydrogen-bond acceptors (Lipinski definition) is 3. The molecule has 7 heteroatoms. The molecule has 0 bridgehead atoms. The Labute approximate surface area is 127 Å². The Hall–Kier alpha value is -1.46. The van der Waals surface area contributed by atoms with Gasteiger partial charge >= 0.3 is 6.03 Å². The molecule has 0 spiro atoms. The quantitative estimate of drug-likeness (QED) is 0.877. The number of ether oxygens (including phenoxy) is 1. The Bertz CT molecular complexity index is 493. The lowest BCUT2D eigenvalue weighted by Gasteiger charge is -2.10. The van der Waals surface area contributed by atoms with Gasteiger partial charge in [0.15, 0.2) is 6.61 Å². The summed E-state index contributed by atoms with van der Waals surface area (Å²) < 4.78 is 5.20. The van der Waals surface area contributed by atoms with Crippen LogP contribution >= 0.6 is 23.2 Å². The number of nitrogens with one attached hydrogen (secondary N) is 2. The molecule has 0 aliphatic rings. The molecule has 0 radical (unpaired) electrons. The van der Waals surface area contributed by atoms with Crippen LogP contribution in [0.2, 0.25) is 10.0 Å². The molecule has 5 nitrogen and oxygen atoms in total. The van der Waals surface area contributed by atoms with Gasteiger partial charge in [-0.2, -0.15) is 0 Å². The molecule has 0 atom stereocenters. The Kier molecular flexibility index (Phi) is 6.61. The van der Waals surface area contributed by atoms with Crippen molar-refractivity contribution in [1.82, 2.24) is 10.6 Å². The maximum atomic E-state index is 11.5. The van der Waals surface area contributed by atoms with Crippen LogP contribution in [0.4, 0.5) is 4.79 Å². The summed E-state index contributed by atoms with van der Waals surface area (Å²) in [4.78, 5) is 22.8. The van der Waals surface area contributed by atoms with E-state index in [1.807, 2.05) is 13.8 Å². The third-order valence-corrected chi connectivity index (χ3v) is 2.72. The lowest BCUT2D eigenvalue weighted by atomic mass is 10.2. The van der Waals surface area contributed by atoms with Crippen LogP contribution in [-0.4, -0.2) is 25.1 Å². The van der Waals surface area contributed by atoms with Crippen molar-refractivity contribution in [3.8, 4) is 5.75 Å². The third-order valence-electron chi connectivity index (χ3n) is 2.18. The molecule has 1 aromatic rings. The van der Waals surface area contributed by atoms with Crippen molar-refractivity contribution in [1.29, 1.82) is 0 Å². The normalized spacial score (nSPS) is 10.2. The van der Waals surface area contributed by atoms with Crippen molar-refractivity contribution >= 4 is 35.1 Å². The van der Waals surface area contributed by atoms with Crippen molar-refractivity contribution in [3.05, 3.63) is 28.2 Å². The molecule has 0 aromatic heterocycles. The molecule has 2 N–H and O–H groups in total. The first-order valence-electron chi connectivity index (χ1n) is 6.04. The van der Waals surface area contributed by atoms with Gasteiger partial charge in [0.2, 0.25) is 0 Å². The molecule has 3 amide bonds. The molecule has 0 aliphatic heterocycles. The predicted molar refractivity (Wildman–Crippen MR) is 78.3 cm³/mol. The zero-order valence-corrected chi connectivity index (χ0v) is 12.7. The number of benzene rings is 1. The second-order valence-corrected chi connectivity index (χ2v) is 5.36. The van der Waals surface area contributed by atoms with Gasteiger partial charge in [-0.25, -0.2) is 4.79 Å². The minimum absolute atomic E-state index is 0.289. The van der Waals surface area contributed by atoms with Crippen molar-refractivity contribution < 1.29 is 14.3 Å². The molecule has 0 fully saturated rings. The number of urea groups is 1. The minimum atomic E-state index is -0.567. The zero-order valence-electron chi connectivity index (χ0n) is 11.2. The van der Waals surface area contributed by atoms with E-state index in [0.717, 1.165) is 0 Å². The Morgan fingerprint density at radius 2 is 2.00 bits per heavy atom. The van der Waals surface area contributed by atoms with Crippen LogP contribution in [0.25, 0.3) is 0 Å². The molecule has 0 aliphatic carbocycles. The van der Waals surface area contributed by atoms with E-state index in [4.69, 9.17) is 27.9 Å². The summed E-state index contributed by atoms with van der Waals surface area (Å²) >= 11 is 11.7. The average molecular weight is 319 g/mol. The summed E-state index contributed by atoms with van der Waals surface area (Å²) in [6.07, 6.45) is 0. The molecule has 1 rings (SSSR count). The Balaban J connectivity index is 2.39. The van der Waals surface area contributed by atoms with Gasteiger partial charge in [-0.15, -0.1) is 0 Å². The maximum absolute atomic E-state index is 11.5. The van der Waals surface area contributed by atoms with Gasteiger partial charge in [0, 0.05) is 17.6 Å². The fourth-order valence-electron chi connectivity index (χ4n) is 1.23. The van der Waals surface area contributed by atoms with Crippen LogP contribution in [0, 0.1) is 5.92 Å². The van der Waals surface area contributed by atoms with E-state index in [1.165, 1.54) is 6.07 Å². The highest BCUT2D eigenvalue weighted by Crippen LogP contribution is 2.27. The number of rotatable bonds is 5. The number of halogens is 2. The number of imide groups is 1. The highest BCUT2D eigenvalue weighted by molar-refractivity contribution is 6.34. The number of hydrogen-bond donors (Lipinski definition) is 2. The van der Waals surface area contributed by atoms with Crippen LogP contribution in [-0.2, 0) is 4.79 Å². The summed E-state index contributed by atoms with van der Waals surface area (Å²) in [6.45, 7) is 4.06. The highest BCUT2D eigenvalue weighted by atomic mass is 35.5. The smallest absolute Gasteiger partial charge is 0.321 e. The van der Waals surface area contributed by atoms with E-state index >= 15 is 0 Å². The predicted octanol–water partition coefficient (Wildman–Crippen LogP) is 2.85. The molecule has 20 heavy (non-hydrogen) atoms. The van der Waals surface area contributed by atoms with E-state index in [1.54, 1.807) is 12.1 Å².